The molecular weight excluding hydrogens is 338 g/mol. The van der Waals surface area contributed by atoms with Crippen molar-refractivity contribution in [3.05, 3.63) is 29.3 Å². The van der Waals surface area contributed by atoms with E-state index in [0.717, 1.165) is 17.7 Å². The zero-order chi connectivity index (χ0) is 18.7. The molecule has 1 amide bonds. The van der Waals surface area contributed by atoms with E-state index >= 15 is 0 Å². The average molecular weight is 366 g/mol. The van der Waals surface area contributed by atoms with Crippen molar-refractivity contribution in [3.63, 3.8) is 0 Å². The molecule has 26 heavy (non-hydrogen) atoms. The van der Waals surface area contributed by atoms with E-state index in [-0.39, 0.29) is 13.6 Å². The minimum atomic E-state index is -2.43. The Labute approximate surface area is 154 Å². The molecule has 2 saturated carbocycles. The first-order chi connectivity index (χ1) is 12.1. The molecule has 1 aromatic rings. The predicted octanol–water partition coefficient (Wildman–Crippen LogP) is 4.68. The first kappa shape index (κ1) is 17.6. The number of rotatable bonds is 2. The highest BCUT2D eigenvalue weighted by atomic mass is 19.3. The molecule has 2 aliphatic carbocycles. The minimum absolute atomic E-state index is 0. The molecule has 0 saturated heterocycles. The summed E-state index contributed by atoms with van der Waals surface area (Å²) in [4.78, 5) is 14.0. The van der Waals surface area contributed by atoms with Crippen LogP contribution >= 0.6 is 0 Å². The molecule has 2 fully saturated rings. The summed E-state index contributed by atoms with van der Waals surface area (Å²) in [6.45, 7) is 6.75. The lowest BCUT2D eigenvalue weighted by atomic mass is 9.99. The zero-order valence-electron chi connectivity index (χ0n) is 15.5. The van der Waals surface area contributed by atoms with Crippen molar-refractivity contribution in [3.8, 4) is 0 Å². The van der Waals surface area contributed by atoms with Crippen LogP contribution in [0.4, 0.5) is 19.3 Å². The summed E-state index contributed by atoms with van der Waals surface area (Å²) in [5.41, 5.74) is 2.77. The van der Waals surface area contributed by atoms with Crippen LogP contribution in [-0.4, -0.2) is 35.1 Å². The Kier molecular flexibility index (Phi) is 3.93. The molecule has 144 valence electrons. The zero-order valence-corrected chi connectivity index (χ0v) is 15.5. The largest absolute Gasteiger partial charge is 0.444 e. The molecule has 1 heterocycles. The fourth-order valence-corrected chi connectivity index (χ4v) is 4.30. The number of hydrogen-bond donors (Lipinski definition) is 1. The maximum absolute atomic E-state index is 13.3. The Morgan fingerprint density at radius 3 is 2.62 bits per heavy atom. The van der Waals surface area contributed by atoms with Crippen molar-refractivity contribution < 1.29 is 19.7 Å². The van der Waals surface area contributed by atoms with Gasteiger partial charge in [0.1, 0.15) is 5.60 Å². The molecule has 3 aliphatic rings. The van der Waals surface area contributed by atoms with Gasteiger partial charge in [-0.05, 0) is 63.3 Å². The van der Waals surface area contributed by atoms with Gasteiger partial charge in [-0.15, -0.1) is 0 Å². The van der Waals surface area contributed by atoms with Gasteiger partial charge in [-0.25, -0.2) is 13.6 Å². The lowest BCUT2D eigenvalue weighted by Gasteiger charge is -2.31. The summed E-state index contributed by atoms with van der Waals surface area (Å²) in [6, 6.07) is 6.26. The van der Waals surface area contributed by atoms with Crippen LogP contribution in [0.1, 0.15) is 46.2 Å². The molecule has 6 heteroatoms. The Bertz CT molecular complexity index is 721. The molecular formula is C20H28F2N2O2. The van der Waals surface area contributed by atoms with Gasteiger partial charge in [0.15, 0.2) is 0 Å². The van der Waals surface area contributed by atoms with Crippen molar-refractivity contribution >= 4 is 11.8 Å². The number of hydrogen-bond acceptors (Lipinski definition) is 3. The van der Waals surface area contributed by atoms with E-state index in [0.29, 0.717) is 25.9 Å². The summed E-state index contributed by atoms with van der Waals surface area (Å²) >= 11 is 0. The molecule has 1 N–H and O–H groups in total. The van der Waals surface area contributed by atoms with Gasteiger partial charge in [0.25, 0.3) is 5.92 Å². The third-order valence-corrected chi connectivity index (χ3v) is 5.68. The predicted molar refractivity (Wildman–Crippen MR) is 97.5 cm³/mol. The van der Waals surface area contributed by atoms with Crippen molar-refractivity contribution in [1.29, 1.82) is 0 Å². The Morgan fingerprint density at radius 2 is 1.96 bits per heavy atom. The molecule has 1 aromatic carbocycles. The second-order valence-corrected chi connectivity index (χ2v) is 8.84. The standard InChI is InChI=1S/C20H26F2N2O2.H2/c1-19(2,3)26-18(25)24-7-6-12-4-5-14(8-13(12)11-24)23-15-9-16-17(10-15)20(16,21)22;/h4-5,8,15-17,23H,6-7,9-11H2,1-3H3;1H. The van der Waals surface area contributed by atoms with Crippen LogP contribution < -0.4 is 5.32 Å². The Hall–Kier alpha value is -1.85. The number of benzene rings is 1. The van der Waals surface area contributed by atoms with E-state index < -0.39 is 23.4 Å². The monoisotopic (exact) mass is 366 g/mol. The van der Waals surface area contributed by atoms with Crippen LogP contribution in [-0.2, 0) is 17.7 Å². The van der Waals surface area contributed by atoms with Gasteiger partial charge in [-0.2, -0.15) is 0 Å². The van der Waals surface area contributed by atoms with E-state index in [1.54, 1.807) is 4.90 Å². The van der Waals surface area contributed by atoms with Gasteiger partial charge in [0.2, 0.25) is 0 Å². The maximum Gasteiger partial charge on any atom is 0.410 e. The van der Waals surface area contributed by atoms with E-state index in [9.17, 15) is 13.6 Å². The number of alkyl halides is 2. The van der Waals surface area contributed by atoms with Crippen LogP contribution in [0.2, 0.25) is 0 Å². The highest BCUT2D eigenvalue weighted by molar-refractivity contribution is 5.69. The molecule has 4 rings (SSSR count). The smallest absolute Gasteiger partial charge is 0.410 e. The highest BCUT2D eigenvalue weighted by Crippen LogP contribution is 2.64. The SMILES string of the molecule is CC(C)(C)OC(=O)N1CCc2ccc(NC3CC4C(C3)C4(F)F)cc2C1.[HH]. The number of amides is 1. The number of ether oxygens (including phenoxy) is 1. The van der Waals surface area contributed by atoms with Crippen molar-refractivity contribution in [2.75, 3.05) is 11.9 Å². The first-order valence-electron chi connectivity index (χ1n) is 9.37. The van der Waals surface area contributed by atoms with Gasteiger partial charge in [0.05, 0.1) is 0 Å². The van der Waals surface area contributed by atoms with E-state index in [4.69, 9.17) is 4.74 Å². The van der Waals surface area contributed by atoms with Crippen LogP contribution in [0.25, 0.3) is 0 Å². The summed E-state index contributed by atoms with van der Waals surface area (Å²) in [6.07, 6.45) is 1.59. The quantitative estimate of drug-likeness (QED) is 0.826. The number of fused-ring (bicyclic) bond motifs is 2. The third-order valence-electron chi connectivity index (χ3n) is 5.68. The first-order valence-corrected chi connectivity index (χ1v) is 9.37. The molecule has 1 aliphatic heterocycles. The Balaban J connectivity index is 0.00000210. The van der Waals surface area contributed by atoms with E-state index in [2.05, 4.69) is 11.4 Å². The Morgan fingerprint density at radius 1 is 1.27 bits per heavy atom. The topological polar surface area (TPSA) is 41.6 Å². The second kappa shape index (κ2) is 5.83. The fourth-order valence-electron chi connectivity index (χ4n) is 4.30. The molecule has 0 radical (unpaired) electrons. The van der Waals surface area contributed by atoms with E-state index in [1.807, 2.05) is 32.9 Å². The number of carbonyl (C=O) groups is 1. The molecule has 2 atom stereocenters. The summed E-state index contributed by atoms with van der Waals surface area (Å²) < 4.78 is 32.1. The average Bonchev–Trinajstić information content (AvgIpc) is 2.89. The fraction of sp³-hybridized carbons (Fsp3) is 0.650. The number of nitrogens with one attached hydrogen (secondary N) is 1. The molecule has 2 unspecified atom stereocenters. The number of nitrogens with zero attached hydrogens (tertiary/aromatic N) is 1. The summed E-state index contributed by atoms with van der Waals surface area (Å²) in [5, 5.41) is 3.40. The van der Waals surface area contributed by atoms with Gasteiger partial charge in [-0.1, -0.05) is 6.07 Å². The number of carbonyl (C=O) groups excluding carboxylic acids is 1. The molecule has 4 nitrogen and oxygen atoms in total. The van der Waals surface area contributed by atoms with Gasteiger partial charge in [0, 0.05) is 38.1 Å². The van der Waals surface area contributed by atoms with E-state index in [1.165, 1.54) is 5.56 Å². The minimum Gasteiger partial charge on any atom is -0.444 e. The lowest BCUT2D eigenvalue weighted by Crippen LogP contribution is -2.39. The van der Waals surface area contributed by atoms with Crippen LogP contribution in [0.3, 0.4) is 0 Å². The maximum atomic E-state index is 13.3. The highest BCUT2D eigenvalue weighted by Gasteiger charge is 2.71. The van der Waals surface area contributed by atoms with Crippen LogP contribution in [0.15, 0.2) is 18.2 Å². The van der Waals surface area contributed by atoms with Gasteiger partial charge < -0.3 is 15.0 Å². The van der Waals surface area contributed by atoms with Gasteiger partial charge in [-0.3, -0.25) is 0 Å². The summed E-state index contributed by atoms with van der Waals surface area (Å²) in [7, 11) is 0. The van der Waals surface area contributed by atoms with Crippen LogP contribution in [0, 0.1) is 11.8 Å². The second-order valence-electron chi connectivity index (χ2n) is 8.84. The third kappa shape index (κ3) is 3.26. The van der Waals surface area contributed by atoms with Crippen LogP contribution in [0.5, 0.6) is 0 Å². The molecule has 0 aromatic heterocycles. The molecule has 0 spiro atoms. The molecule has 0 bridgehead atoms. The number of anilines is 1. The lowest BCUT2D eigenvalue weighted by molar-refractivity contribution is 0.0224. The van der Waals surface area contributed by atoms with Crippen molar-refractivity contribution in [1.82, 2.24) is 4.90 Å². The normalized spacial score (nSPS) is 29.0. The summed E-state index contributed by atoms with van der Waals surface area (Å²) in [5.74, 6) is -3.29. The van der Waals surface area contributed by atoms with Gasteiger partial charge >= 0.3 is 6.09 Å². The van der Waals surface area contributed by atoms with Crippen molar-refractivity contribution in [2.45, 2.75) is 64.1 Å². The number of halogens is 2. The van der Waals surface area contributed by atoms with Crippen molar-refractivity contribution in [2.24, 2.45) is 11.8 Å².